The zero-order valence-electron chi connectivity index (χ0n) is 36.5. The first-order valence-corrected chi connectivity index (χ1v) is 23.1. The molecule has 1 heterocycles. The highest BCUT2D eigenvalue weighted by molar-refractivity contribution is 7.82. The van der Waals surface area contributed by atoms with Gasteiger partial charge in [0.25, 0.3) is 0 Å². The van der Waals surface area contributed by atoms with Crippen molar-refractivity contribution in [2.45, 2.75) is 98.6 Å². The largest absolute Gasteiger partial charge is 0.497 e. The van der Waals surface area contributed by atoms with E-state index in [1.54, 1.807) is 74.9 Å². The minimum Gasteiger partial charge on any atom is -0.497 e. The zero-order chi connectivity index (χ0) is 43.8. The Morgan fingerprint density at radius 3 is 2.24 bits per heavy atom. The first-order valence-electron chi connectivity index (χ1n) is 20.2. The fraction of sp³-hybridized carbons (Fsp3) is 0.545. The van der Waals surface area contributed by atoms with Gasteiger partial charge in [-0.2, -0.15) is 0 Å². The van der Waals surface area contributed by atoms with E-state index in [1.165, 1.54) is 6.42 Å². The van der Waals surface area contributed by atoms with Gasteiger partial charge in [-0.05, 0) is 85.6 Å². The third-order valence-electron chi connectivity index (χ3n) is 8.32. The number of carbonyl (C=O) groups is 1. The molecule has 0 saturated carbocycles. The van der Waals surface area contributed by atoms with Gasteiger partial charge in [0.15, 0.2) is 12.1 Å². The van der Waals surface area contributed by atoms with Crippen molar-refractivity contribution < 1.29 is 47.0 Å². The Balaban J connectivity index is 0.00000199. The van der Waals surface area contributed by atoms with E-state index in [1.807, 2.05) is 57.1 Å². The molecule has 1 amide bonds. The van der Waals surface area contributed by atoms with Crippen LogP contribution in [0.5, 0.6) is 5.75 Å². The minimum atomic E-state index is -4.02. The van der Waals surface area contributed by atoms with E-state index in [0.717, 1.165) is 43.3 Å². The zero-order valence-corrected chi connectivity index (χ0v) is 38.2. The van der Waals surface area contributed by atoms with Crippen molar-refractivity contribution in [3.63, 3.8) is 0 Å². The number of ether oxygens (including phenoxy) is 4. The Hall–Kier alpha value is -3.51. The van der Waals surface area contributed by atoms with Crippen LogP contribution in [0.15, 0.2) is 101 Å². The van der Waals surface area contributed by atoms with E-state index >= 15 is 0 Å². The lowest BCUT2D eigenvalue weighted by Gasteiger charge is -2.26. The van der Waals surface area contributed by atoms with Gasteiger partial charge >= 0.3 is 13.7 Å². The van der Waals surface area contributed by atoms with E-state index in [0.29, 0.717) is 42.5 Å². The second kappa shape index (κ2) is 33.3. The average Bonchev–Trinajstić information content (AvgIpc) is 3.63. The number of methoxy groups -OCH3 is 2. The van der Waals surface area contributed by atoms with Gasteiger partial charge in [-0.15, -0.1) is 0 Å². The number of amides is 1. The highest BCUT2D eigenvalue weighted by atomic mass is 32.2. The highest BCUT2D eigenvalue weighted by Crippen LogP contribution is 2.43. The molecular weight excluding hydrogens is 780 g/mol. The molecule has 1 fully saturated rings. The molecule has 2 aliphatic rings. The van der Waals surface area contributed by atoms with Crippen molar-refractivity contribution in [1.82, 2.24) is 9.62 Å². The van der Waals surface area contributed by atoms with Gasteiger partial charge in [-0.25, -0.2) is 13.3 Å². The van der Waals surface area contributed by atoms with E-state index in [2.05, 4.69) is 36.6 Å². The predicted molar refractivity (Wildman–Crippen MR) is 235 cm³/mol. The van der Waals surface area contributed by atoms with Gasteiger partial charge < -0.3 is 38.8 Å². The fourth-order valence-corrected chi connectivity index (χ4v) is 6.93. The predicted octanol–water partition coefficient (Wildman–Crippen LogP) is 10.1. The Kier molecular flexibility index (Phi) is 31.3. The lowest BCUT2D eigenvalue weighted by atomic mass is 10.0. The number of benzene rings is 2. The average molecular weight is 851 g/mol. The maximum atomic E-state index is 13.5. The van der Waals surface area contributed by atoms with E-state index in [4.69, 9.17) is 18.7 Å². The summed E-state index contributed by atoms with van der Waals surface area (Å²) >= 11 is 0. The quantitative estimate of drug-likeness (QED) is 0.0920. The lowest BCUT2D eigenvalue weighted by Crippen LogP contribution is -2.39. The molecule has 0 bridgehead atoms. The van der Waals surface area contributed by atoms with Crippen molar-refractivity contribution in [3.8, 4) is 5.75 Å². The van der Waals surface area contributed by atoms with Crippen LogP contribution in [0.2, 0.25) is 0 Å². The molecule has 1 aliphatic carbocycles. The second-order valence-electron chi connectivity index (χ2n) is 12.9. The van der Waals surface area contributed by atoms with Crippen LogP contribution in [-0.4, -0.2) is 84.1 Å². The van der Waals surface area contributed by atoms with Crippen molar-refractivity contribution in [3.05, 3.63) is 102 Å². The van der Waals surface area contributed by atoms with E-state index < -0.39 is 37.1 Å². The smallest absolute Gasteiger partial charge is 0.404 e. The van der Waals surface area contributed by atoms with Crippen LogP contribution < -0.4 is 10.1 Å². The fourth-order valence-electron chi connectivity index (χ4n) is 4.88. The number of allylic oxidation sites excluding steroid dienone is 3. The molecule has 328 valence electrons. The summed E-state index contributed by atoms with van der Waals surface area (Å²) in [5.74, 6) is 2.04. The van der Waals surface area contributed by atoms with Gasteiger partial charge in [-0.1, -0.05) is 103 Å². The summed E-state index contributed by atoms with van der Waals surface area (Å²) in [6, 6.07) is 15.7. The summed E-state index contributed by atoms with van der Waals surface area (Å²) in [6.45, 7) is 20.1. The molecule has 4 rings (SSSR count). The first-order chi connectivity index (χ1) is 27.9. The third kappa shape index (κ3) is 25.1. The Morgan fingerprint density at radius 2 is 1.72 bits per heavy atom. The van der Waals surface area contributed by atoms with Crippen LogP contribution in [0.3, 0.4) is 0 Å². The highest BCUT2D eigenvalue weighted by Gasteiger charge is 2.23. The van der Waals surface area contributed by atoms with Gasteiger partial charge in [0.1, 0.15) is 16.7 Å². The Morgan fingerprint density at radius 1 is 1.07 bits per heavy atom. The SMILES string of the molecule is CC.CC.CCC(C)CN(CC[C@H](CC1=CC=C=C(OCP(=O)(O)OCc2ccccc2)C=C1)NC(=O)O)S(=O)c1ccc(OC)cc1.CCOC.C[C@H]1CCOC1. The van der Waals surface area contributed by atoms with Crippen molar-refractivity contribution in [2.75, 3.05) is 53.5 Å². The molecule has 3 N–H and O–H groups in total. The molecule has 0 aromatic heterocycles. The summed E-state index contributed by atoms with van der Waals surface area (Å²) in [6.07, 6.45) is 8.02. The number of hydrogen-bond donors (Lipinski definition) is 3. The van der Waals surface area contributed by atoms with Crippen LogP contribution in [0, 0.1) is 11.8 Å². The number of nitrogens with one attached hydrogen (secondary N) is 1. The maximum absolute atomic E-state index is 13.5. The molecule has 5 atom stereocenters. The number of carboxylic acid groups (broad SMARTS) is 1. The van der Waals surface area contributed by atoms with E-state index in [-0.39, 0.29) is 12.4 Å². The van der Waals surface area contributed by atoms with Crippen LogP contribution in [0.25, 0.3) is 0 Å². The molecule has 1 aliphatic heterocycles. The first kappa shape index (κ1) is 54.5. The Labute approximate surface area is 351 Å². The van der Waals surface area contributed by atoms with E-state index in [9.17, 15) is 23.6 Å². The molecule has 2 aromatic rings. The standard InChI is InChI=1S/C32H41N2O8PS.C5H10O.C3H8O.2C2H6/c1-4-25(2)22-34(44(39)31-17-15-29(40-3)16-18-31)20-19-28(33-32(35)36)21-26-11-8-12-30(14-13-26)41-24-43(37,38)42-23-27-9-6-5-7-10-27;1-5-2-3-6-4-5;1-3-4-2;2*1-2/h5-11,13-18,25,28,33H,4,19-24H2,1-3H3,(H,35,36)(H,37,38);5H,2-4H2,1H3;3H2,1-2H3;2*1-2H3/t25?,28-,44?;5-;;;/m10.../s1. The van der Waals surface area contributed by atoms with Crippen LogP contribution in [0.4, 0.5) is 4.79 Å². The normalized spacial score (nSPS) is 16.6. The minimum absolute atomic E-state index is 0.0190. The molecule has 1 saturated heterocycles. The summed E-state index contributed by atoms with van der Waals surface area (Å²) in [4.78, 5) is 22.5. The lowest BCUT2D eigenvalue weighted by molar-refractivity contribution is 0.188. The summed E-state index contributed by atoms with van der Waals surface area (Å²) in [5, 5.41) is 12.1. The maximum Gasteiger partial charge on any atom is 0.404 e. The monoisotopic (exact) mass is 850 g/mol. The topological polar surface area (TPSA) is 153 Å². The summed E-state index contributed by atoms with van der Waals surface area (Å²) < 4.78 is 53.3. The van der Waals surface area contributed by atoms with Crippen LogP contribution in [-0.2, 0) is 40.9 Å². The molecule has 2 aromatic carbocycles. The van der Waals surface area contributed by atoms with Crippen molar-refractivity contribution in [2.24, 2.45) is 11.8 Å². The summed E-state index contributed by atoms with van der Waals surface area (Å²) in [5.41, 5.74) is 4.48. The Bertz CT molecular complexity index is 1570. The number of rotatable bonds is 19. The molecule has 12 nitrogen and oxygen atoms in total. The van der Waals surface area contributed by atoms with Gasteiger partial charge in [0, 0.05) is 46.1 Å². The second-order valence-corrected chi connectivity index (χ2v) is 16.2. The molecule has 3 unspecified atom stereocenters. The van der Waals surface area contributed by atoms with Crippen LogP contribution in [0.1, 0.15) is 86.6 Å². The molecule has 0 radical (unpaired) electrons. The molecule has 0 spiro atoms. The van der Waals surface area contributed by atoms with Crippen molar-refractivity contribution in [1.29, 1.82) is 0 Å². The number of nitrogens with zero attached hydrogens (tertiary/aromatic N) is 1. The van der Waals surface area contributed by atoms with Gasteiger partial charge in [-0.3, -0.25) is 4.57 Å². The number of hydrogen-bond acceptors (Lipinski definition) is 8. The van der Waals surface area contributed by atoms with Gasteiger partial charge in [0.05, 0.1) is 18.6 Å². The van der Waals surface area contributed by atoms with Crippen molar-refractivity contribution >= 4 is 24.7 Å². The molecule has 58 heavy (non-hydrogen) atoms. The molecule has 14 heteroatoms. The van der Waals surface area contributed by atoms with Crippen LogP contribution >= 0.6 is 7.60 Å². The molecular formula is C44H71N2O10PS. The van der Waals surface area contributed by atoms with Gasteiger partial charge in [0.2, 0.25) is 0 Å². The summed E-state index contributed by atoms with van der Waals surface area (Å²) in [7, 11) is -2.20. The third-order valence-corrected chi connectivity index (χ3v) is 10.8.